The van der Waals surface area contributed by atoms with Gasteiger partial charge in [0.2, 0.25) is 5.89 Å². The molecule has 2 fully saturated rings. The smallest absolute Gasteiger partial charge is 0.226 e. The van der Waals surface area contributed by atoms with E-state index in [9.17, 15) is 0 Å². The van der Waals surface area contributed by atoms with Crippen LogP contribution in [0.4, 0.5) is 0 Å². The third-order valence-corrected chi connectivity index (χ3v) is 3.69. The highest BCUT2D eigenvalue weighted by Gasteiger charge is 2.33. The first-order valence-electron chi connectivity index (χ1n) is 6.52. The Morgan fingerprint density at radius 3 is 2.76 bits per heavy atom. The zero-order valence-corrected chi connectivity index (χ0v) is 10.2. The van der Waals surface area contributed by atoms with Crippen LogP contribution in [0.1, 0.15) is 44.3 Å². The molecule has 0 amide bonds. The second-order valence-electron chi connectivity index (χ2n) is 5.00. The summed E-state index contributed by atoms with van der Waals surface area (Å²) in [6.45, 7) is 2.48. The number of aryl methyl sites for hydroxylation is 1. The van der Waals surface area contributed by atoms with Gasteiger partial charge in [-0.25, -0.2) is 0 Å². The van der Waals surface area contributed by atoms with Gasteiger partial charge in [-0.1, -0.05) is 12.1 Å². The fraction of sp³-hybridized carbons (Fsp3) is 0.833. The molecule has 2 saturated heterocycles. The average molecular weight is 237 g/mol. The van der Waals surface area contributed by atoms with E-state index in [1.165, 1.54) is 12.8 Å². The minimum atomic E-state index is 0.359. The van der Waals surface area contributed by atoms with E-state index in [-0.39, 0.29) is 0 Å². The molecule has 3 heterocycles. The van der Waals surface area contributed by atoms with Crippen LogP contribution in [0.5, 0.6) is 0 Å². The Kier molecular flexibility index (Phi) is 3.11. The van der Waals surface area contributed by atoms with Crippen molar-refractivity contribution in [2.75, 3.05) is 0 Å². The quantitative estimate of drug-likeness (QED) is 0.858. The van der Waals surface area contributed by atoms with Gasteiger partial charge in [-0.05, 0) is 25.7 Å². The van der Waals surface area contributed by atoms with Crippen LogP contribution in [0.25, 0.3) is 0 Å². The fourth-order valence-corrected chi connectivity index (χ4v) is 2.83. The molecule has 0 aromatic carbocycles. The van der Waals surface area contributed by atoms with E-state index in [1.54, 1.807) is 0 Å². The summed E-state index contributed by atoms with van der Waals surface area (Å²) >= 11 is 0. The first-order valence-corrected chi connectivity index (χ1v) is 6.52. The van der Waals surface area contributed by atoms with E-state index in [0.717, 1.165) is 19.3 Å². The highest BCUT2D eigenvalue weighted by Crippen LogP contribution is 2.28. The number of rotatable bonds is 4. The molecule has 5 heteroatoms. The molecule has 2 aliphatic rings. The van der Waals surface area contributed by atoms with Gasteiger partial charge in [-0.3, -0.25) is 0 Å². The Labute approximate surface area is 101 Å². The van der Waals surface area contributed by atoms with Gasteiger partial charge in [0, 0.05) is 18.5 Å². The molecule has 3 rings (SSSR count). The number of hydrogen-bond donors (Lipinski definition) is 1. The summed E-state index contributed by atoms with van der Waals surface area (Å²) in [5, 5.41) is 7.50. The van der Waals surface area contributed by atoms with Crippen molar-refractivity contribution in [3.63, 3.8) is 0 Å². The van der Waals surface area contributed by atoms with Gasteiger partial charge < -0.3 is 14.6 Å². The zero-order chi connectivity index (χ0) is 11.7. The second kappa shape index (κ2) is 4.74. The summed E-state index contributed by atoms with van der Waals surface area (Å²) in [5.74, 6) is 1.36. The van der Waals surface area contributed by atoms with Crippen molar-refractivity contribution >= 4 is 0 Å². The molecule has 5 nitrogen and oxygen atoms in total. The van der Waals surface area contributed by atoms with E-state index in [1.807, 2.05) is 6.92 Å². The summed E-state index contributed by atoms with van der Waals surface area (Å²) in [5.41, 5.74) is 0. The van der Waals surface area contributed by atoms with Crippen LogP contribution >= 0.6 is 0 Å². The molecule has 2 unspecified atom stereocenters. The van der Waals surface area contributed by atoms with Crippen LogP contribution in [-0.2, 0) is 17.8 Å². The zero-order valence-electron chi connectivity index (χ0n) is 10.2. The monoisotopic (exact) mass is 237 g/mol. The van der Waals surface area contributed by atoms with E-state index in [0.29, 0.717) is 36.5 Å². The summed E-state index contributed by atoms with van der Waals surface area (Å²) in [4.78, 5) is 4.25. The van der Waals surface area contributed by atoms with Crippen molar-refractivity contribution in [1.29, 1.82) is 0 Å². The lowest BCUT2D eigenvalue weighted by Gasteiger charge is -2.28. The lowest BCUT2D eigenvalue weighted by atomic mass is 10.0. The van der Waals surface area contributed by atoms with Crippen LogP contribution < -0.4 is 5.32 Å². The maximum Gasteiger partial charge on any atom is 0.226 e. The van der Waals surface area contributed by atoms with E-state index in [4.69, 9.17) is 9.26 Å². The number of aromatic nitrogens is 2. The molecule has 1 aromatic heterocycles. The van der Waals surface area contributed by atoms with Crippen molar-refractivity contribution in [2.24, 2.45) is 0 Å². The van der Waals surface area contributed by atoms with Gasteiger partial charge in [-0.2, -0.15) is 4.98 Å². The third-order valence-electron chi connectivity index (χ3n) is 3.69. The summed E-state index contributed by atoms with van der Waals surface area (Å²) in [6.07, 6.45) is 5.98. The first-order chi connectivity index (χ1) is 8.33. The van der Waals surface area contributed by atoms with Gasteiger partial charge in [0.1, 0.15) is 6.61 Å². The Hall–Kier alpha value is -0.940. The Balaban J connectivity index is 1.51. The molecular weight excluding hydrogens is 218 g/mol. The molecule has 17 heavy (non-hydrogen) atoms. The van der Waals surface area contributed by atoms with Crippen LogP contribution in [0.15, 0.2) is 4.52 Å². The van der Waals surface area contributed by atoms with E-state index >= 15 is 0 Å². The Bertz CT molecular complexity index is 368. The summed E-state index contributed by atoms with van der Waals surface area (Å²) in [6, 6.07) is 1.32. The molecule has 0 saturated carbocycles. The normalized spacial score (nSPS) is 31.9. The topological polar surface area (TPSA) is 60.2 Å². The largest absolute Gasteiger partial charge is 0.370 e. The molecule has 2 atom stereocenters. The van der Waals surface area contributed by atoms with Crippen LogP contribution in [0.3, 0.4) is 0 Å². The Morgan fingerprint density at radius 1 is 1.35 bits per heavy atom. The number of hydrogen-bond acceptors (Lipinski definition) is 5. The lowest BCUT2D eigenvalue weighted by molar-refractivity contribution is 0.00533. The van der Waals surface area contributed by atoms with Crippen LogP contribution in [0.2, 0.25) is 0 Å². The predicted molar refractivity (Wildman–Crippen MR) is 61.4 cm³/mol. The molecule has 1 aromatic rings. The van der Waals surface area contributed by atoms with Gasteiger partial charge in [0.05, 0.1) is 6.10 Å². The van der Waals surface area contributed by atoms with E-state index < -0.39 is 0 Å². The predicted octanol–water partition coefficient (Wildman–Crippen LogP) is 1.43. The average Bonchev–Trinajstić information content (AvgIpc) is 2.93. The molecule has 0 spiro atoms. The maximum absolute atomic E-state index is 5.88. The SMILES string of the molecule is CCc1nc(COC2CC3CCC(C2)N3)no1. The summed E-state index contributed by atoms with van der Waals surface area (Å²) < 4.78 is 10.9. The third kappa shape index (κ3) is 2.50. The summed E-state index contributed by atoms with van der Waals surface area (Å²) in [7, 11) is 0. The molecule has 0 aliphatic carbocycles. The maximum atomic E-state index is 5.88. The Morgan fingerprint density at radius 2 is 2.12 bits per heavy atom. The number of piperidine rings is 1. The minimum absolute atomic E-state index is 0.359. The molecule has 2 bridgehead atoms. The highest BCUT2D eigenvalue weighted by molar-refractivity contribution is 4.93. The van der Waals surface area contributed by atoms with Crippen LogP contribution in [-0.4, -0.2) is 28.3 Å². The van der Waals surface area contributed by atoms with Gasteiger partial charge >= 0.3 is 0 Å². The standard InChI is InChI=1S/C12H19N3O2/c1-2-12-14-11(15-17-12)7-16-10-5-8-3-4-9(6-10)13-8/h8-10,13H,2-7H2,1H3. The van der Waals surface area contributed by atoms with Gasteiger partial charge in [0.15, 0.2) is 5.82 Å². The molecule has 94 valence electrons. The first kappa shape index (κ1) is 11.2. The van der Waals surface area contributed by atoms with Crippen molar-refractivity contribution in [3.8, 4) is 0 Å². The van der Waals surface area contributed by atoms with Crippen molar-refractivity contribution in [2.45, 2.75) is 63.8 Å². The van der Waals surface area contributed by atoms with Crippen molar-refractivity contribution < 1.29 is 9.26 Å². The second-order valence-corrected chi connectivity index (χ2v) is 5.00. The number of nitrogens with one attached hydrogen (secondary N) is 1. The minimum Gasteiger partial charge on any atom is -0.370 e. The van der Waals surface area contributed by atoms with Crippen molar-refractivity contribution in [3.05, 3.63) is 11.7 Å². The van der Waals surface area contributed by atoms with Gasteiger partial charge in [-0.15, -0.1) is 0 Å². The molecule has 1 N–H and O–H groups in total. The molecule has 2 aliphatic heterocycles. The number of fused-ring (bicyclic) bond motifs is 2. The molecular formula is C12H19N3O2. The molecule has 0 radical (unpaired) electrons. The lowest BCUT2D eigenvalue weighted by Crippen LogP contribution is -2.41. The number of nitrogens with zero attached hydrogens (tertiary/aromatic N) is 2. The van der Waals surface area contributed by atoms with Gasteiger partial charge in [0.25, 0.3) is 0 Å². The van der Waals surface area contributed by atoms with E-state index in [2.05, 4.69) is 15.5 Å². The van der Waals surface area contributed by atoms with Crippen molar-refractivity contribution in [1.82, 2.24) is 15.5 Å². The fourth-order valence-electron chi connectivity index (χ4n) is 2.83. The highest BCUT2D eigenvalue weighted by atomic mass is 16.5. The van der Waals surface area contributed by atoms with Crippen LogP contribution in [0, 0.1) is 0 Å². The number of ether oxygens (including phenoxy) is 1.